The number of rotatable bonds is 2. The van der Waals surface area contributed by atoms with Crippen LogP contribution in [-0.2, 0) is 5.41 Å². The van der Waals surface area contributed by atoms with E-state index in [0.717, 1.165) is 0 Å². The number of nitrogens with one attached hydrogen (secondary N) is 1. The van der Waals surface area contributed by atoms with Crippen LogP contribution in [0.4, 0.5) is 61.0 Å². The number of aromatic nitrogens is 1. The number of aliphatic imine (C=N–C) groups is 2. The summed E-state index contributed by atoms with van der Waals surface area (Å²) in [6.07, 6.45) is 0. The van der Waals surface area contributed by atoms with E-state index in [2.05, 4.69) is 4.98 Å². The number of anilines is 1. The summed E-state index contributed by atoms with van der Waals surface area (Å²) in [6.45, 7) is 0. The third kappa shape index (κ3) is 3.85. The molecule has 0 saturated carbocycles. The normalized spacial score (nSPS) is 19.1. The molecule has 1 N–H and O–H groups in total. The van der Waals surface area contributed by atoms with Crippen LogP contribution in [0, 0.1) is 58.2 Å². The number of nitrogens with zero attached hydrogens (tertiary/aromatic N) is 3. The van der Waals surface area contributed by atoms with Crippen LogP contribution in [0.15, 0.2) is 107 Å². The van der Waals surface area contributed by atoms with Crippen LogP contribution in [0.25, 0.3) is 33.2 Å². The summed E-state index contributed by atoms with van der Waals surface area (Å²) in [6, 6.07) is 24.0. The molecule has 6 aromatic carbocycles. The molecule has 0 fully saturated rings. The van der Waals surface area contributed by atoms with Gasteiger partial charge in [0.1, 0.15) is 5.84 Å². The second-order valence-corrected chi connectivity index (χ2v) is 14.9. The fourth-order valence-electron chi connectivity index (χ4n) is 10.0. The van der Waals surface area contributed by atoms with E-state index in [1.807, 2.05) is 0 Å². The van der Waals surface area contributed by atoms with E-state index in [0.29, 0.717) is 11.2 Å². The molecule has 5 aliphatic rings. The van der Waals surface area contributed by atoms with E-state index in [4.69, 9.17) is 9.98 Å². The highest BCUT2D eigenvalue weighted by Crippen LogP contribution is 2.68. The lowest BCUT2D eigenvalue weighted by Crippen LogP contribution is -2.58. The molecule has 7 aromatic rings. The number of aromatic amines is 1. The van der Waals surface area contributed by atoms with E-state index >= 15 is 35.1 Å². The second kappa shape index (κ2) is 11.5. The van der Waals surface area contributed by atoms with E-state index < -0.39 is 91.9 Å². The zero-order valence-corrected chi connectivity index (χ0v) is 29.9. The zero-order chi connectivity index (χ0) is 41.3. The number of para-hydroxylation sites is 4. The Labute approximate surface area is 330 Å². The maximum atomic E-state index is 16.9. The molecule has 1 aromatic heterocycles. The fraction of sp³-hybridized carbons (Fsp3) is 0.0435. The highest BCUT2D eigenvalue weighted by atomic mass is 19.2. The van der Waals surface area contributed by atoms with E-state index in [1.165, 1.54) is 0 Å². The predicted molar refractivity (Wildman–Crippen MR) is 204 cm³/mol. The molecule has 0 amide bonds. The quantitative estimate of drug-likeness (QED) is 0.105. The third-order valence-corrected chi connectivity index (χ3v) is 12.2. The number of benzene rings is 6. The minimum Gasteiger partial charge on any atom is -0.353 e. The van der Waals surface area contributed by atoms with Crippen LogP contribution in [0.5, 0.6) is 0 Å². The van der Waals surface area contributed by atoms with Crippen molar-refractivity contribution in [1.82, 2.24) is 4.98 Å². The first kappa shape index (κ1) is 34.8. The molecule has 4 aliphatic heterocycles. The number of amidine groups is 1. The molecule has 14 heteroatoms. The highest BCUT2D eigenvalue weighted by Gasteiger charge is 2.66. The standard InChI is InChI=1S/C46H18F10N4/c47-32-29(33(48)37(52)40(55)36(32)51)28-25-17-9-1-5-13-21(17)57-42(25)43-46(20-12-4-7-15-23(20)58-43)31(30-34(49)38(53)41(56)39(54)35(30)50)27-18-10-2-6-14-22(18)59-45(27)60-24-16-8-3-11-19(24)26(28)44(46)60/h1-16,44,57H/t44-,46-/m0/s1. The molecule has 12 rings (SSSR count). The third-order valence-electron chi connectivity index (χ3n) is 12.2. The molecule has 292 valence electrons. The van der Waals surface area contributed by atoms with Crippen LogP contribution < -0.4 is 4.90 Å². The molecule has 1 spiro atoms. The molecular formula is C46H18F10N4. The maximum absolute atomic E-state index is 16.9. The van der Waals surface area contributed by atoms with Crippen molar-refractivity contribution in [2.75, 3.05) is 4.90 Å². The summed E-state index contributed by atoms with van der Waals surface area (Å²) in [5, 5.41) is 0.232. The Bertz CT molecular complexity index is 3300. The molecule has 1 aliphatic carbocycles. The van der Waals surface area contributed by atoms with Gasteiger partial charge in [-0.1, -0.05) is 72.8 Å². The molecule has 0 unspecified atom stereocenters. The summed E-state index contributed by atoms with van der Waals surface area (Å²) in [7, 11) is 0. The molecule has 4 nitrogen and oxygen atoms in total. The predicted octanol–water partition coefficient (Wildman–Crippen LogP) is 11.8. The van der Waals surface area contributed by atoms with Crippen molar-refractivity contribution in [3.63, 3.8) is 0 Å². The van der Waals surface area contributed by atoms with E-state index in [-0.39, 0.29) is 67.4 Å². The fourth-order valence-corrected chi connectivity index (χ4v) is 10.0. The smallest absolute Gasteiger partial charge is 0.200 e. The number of hydrogen-bond donors (Lipinski definition) is 1. The molecule has 0 radical (unpaired) electrons. The average molecular weight is 817 g/mol. The van der Waals surface area contributed by atoms with Crippen molar-refractivity contribution >= 4 is 61.8 Å². The maximum Gasteiger partial charge on any atom is 0.200 e. The van der Waals surface area contributed by atoms with Gasteiger partial charge in [-0.2, -0.15) is 0 Å². The van der Waals surface area contributed by atoms with Gasteiger partial charge in [0.2, 0.25) is 11.6 Å². The van der Waals surface area contributed by atoms with Crippen LogP contribution in [0.1, 0.15) is 39.1 Å². The molecule has 0 bridgehead atoms. The first-order valence-corrected chi connectivity index (χ1v) is 18.4. The molecular weight excluding hydrogens is 799 g/mol. The van der Waals surface area contributed by atoms with Gasteiger partial charge in [-0.15, -0.1) is 0 Å². The monoisotopic (exact) mass is 816 g/mol. The van der Waals surface area contributed by atoms with Crippen LogP contribution in [-0.4, -0.2) is 22.6 Å². The number of H-pyrrole nitrogens is 1. The highest BCUT2D eigenvalue weighted by molar-refractivity contribution is 6.47. The van der Waals surface area contributed by atoms with Crippen LogP contribution in [0.2, 0.25) is 0 Å². The average Bonchev–Trinajstić information content (AvgIpc) is 4.01. The summed E-state index contributed by atoms with van der Waals surface area (Å²) in [5.41, 5.74) is -4.49. The van der Waals surface area contributed by atoms with Crippen molar-refractivity contribution in [2.45, 2.75) is 11.5 Å². The molecule has 60 heavy (non-hydrogen) atoms. The van der Waals surface area contributed by atoms with Crippen molar-refractivity contribution < 1.29 is 43.9 Å². The van der Waals surface area contributed by atoms with Gasteiger partial charge in [-0.05, 0) is 41.0 Å². The lowest BCUT2D eigenvalue weighted by atomic mass is 9.59. The number of fused-ring (bicyclic) bond motifs is 12. The van der Waals surface area contributed by atoms with Gasteiger partial charge in [0, 0.05) is 38.7 Å². The summed E-state index contributed by atoms with van der Waals surface area (Å²) in [5.74, 6) is -22.5. The number of halogens is 10. The zero-order valence-electron chi connectivity index (χ0n) is 29.9. The van der Waals surface area contributed by atoms with Crippen molar-refractivity contribution in [3.8, 4) is 0 Å². The van der Waals surface area contributed by atoms with Gasteiger partial charge < -0.3 is 9.88 Å². The van der Waals surface area contributed by atoms with Crippen molar-refractivity contribution in [1.29, 1.82) is 0 Å². The van der Waals surface area contributed by atoms with E-state index in [1.54, 1.807) is 102 Å². The second-order valence-electron chi connectivity index (χ2n) is 14.9. The Morgan fingerprint density at radius 2 is 1.05 bits per heavy atom. The van der Waals surface area contributed by atoms with Crippen molar-refractivity contribution in [3.05, 3.63) is 194 Å². The minimum absolute atomic E-state index is 0.0378. The Kier molecular flexibility index (Phi) is 6.66. The first-order chi connectivity index (χ1) is 29.0. The largest absolute Gasteiger partial charge is 0.353 e. The van der Waals surface area contributed by atoms with Gasteiger partial charge in [0.25, 0.3) is 0 Å². The Morgan fingerprint density at radius 1 is 0.500 bits per heavy atom. The van der Waals surface area contributed by atoms with Gasteiger partial charge in [-0.3, -0.25) is 0 Å². The Hall–Kier alpha value is -7.22. The van der Waals surface area contributed by atoms with E-state index in [9.17, 15) is 8.78 Å². The summed E-state index contributed by atoms with van der Waals surface area (Å²) in [4.78, 5) is 14.8. The number of hydrogen-bond acceptors (Lipinski definition) is 3. The minimum atomic E-state index is -2.41. The lowest BCUT2D eigenvalue weighted by Gasteiger charge is -2.49. The topological polar surface area (TPSA) is 43.8 Å². The van der Waals surface area contributed by atoms with Gasteiger partial charge in [0.05, 0.1) is 51.1 Å². The van der Waals surface area contributed by atoms with Crippen LogP contribution in [0.3, 0.4) is 0 Å². The molecule has 5 heterocycles. The summed E-state index contributed by atoms with van der Waals surface area (Å²) < 4.78 is 160. The van der Waals surface area contributed by atoms with Gasteiger partial charge in [0.15, 0.2) is 46.5 Å². The van der Waals surface area contributed by atoms with Gasteiger partial charge in [-0.25, -0.2) is 53.9 Å². The Balaban J connectivity index is 1.40. The van der Waals surface area contributed by atoms with Crippen molar-refractivity contribution in [2.24, 2.45) is 9.98 Å². The van der Waals surface area contributed by atoms with Gasteiger partial charge >= 0.3 is 0 Å². The Morgan fingerprint density at radius 3 is 1.75 bits per heavy atom. The van der Waals surface area contributed by atoms with Crippen LogP contribution >= 0.6 is 0 Å². The lowest BCUT2D eigenvalue weighted by molar-refractivity contribution is 0.375. The first-order valence-electron chi connectivity index (χ1n) is 18.4. The summed E-state index contributed by atoms with van der Waals surface area (Å²) >= 11 is 0. The molecule has 0 saturated heterocycles. The molecule has 2 atom stereocenters. The SMILES string of the molecule is Fc1c(F)c(F)c(C2=C3c4ccccc4N4C5=Nc6ccccc6C5=C(c5c(F)c(F)c(F)c(F)c5F)[C@@]5(C(=Nc6ccccc65)c5[nH]c6ccccc6c52)[C@H]34)c(F)c1F.